The zero-order valence-corrected chi connectivity index (χ0v) is 20.3. The Morgan fingerprint density at radius 1 is 0.886 bits per heavy atom. The number of carbonyl (C=O) groups is 3. The maximum Gasteiger partial charge on any atom is 0.348 e. The average Bonchev–Trinajstić information content (AvgIpc) is 2.80. The average molecular weight is 488 g/mol. The van der Waals surface area contributed by atoms with Crippen molar-refractivity contribution in [3.63, 3.8) is 0 Å². The Morgan fingerprint density at radius 3 is 1.94 bits per heavy atom. The first-order chi connectivity index (χ1) is 16.7. The van der Waals surface area contributed by atoms with E-state index in [-0.39, 0.29) is 28.7 Å². The van der Waals surface area contributed by atoms with Crippen molar-refractivity contribution in [2.24, 2.45) is 11.8 Å². The molecule has 9 heteroatoms. The van der Waals surface area contributed by atoms with Gasteiger partial charge in [0, 0.05) is 18.3 Å². The van der Waals surface area contributed by atoms with Crippen molar-refractivity contribution in [1.29, 1.82) is 0 Å². The van der Waals surface area contributed by atoms with E-state index in [2.05, 4.69) is 0 Å². The number of hydrogen-bond acceptors (Lipinski definition) is 9. The lowest BCUT2D eigenvalue weighted by Crippen LogP contribution is -2.52. The fraction of sp³-hybridized carbons (Fsp3) is 0.577. The number of hydrogen-bond donors (Lipinski definition) is 0. The SMILES string of the molecule is COC(C=CC1=C([O-])OC2(CCCCC2C)OC1=O)=CC=C1C(=O)OC2(CCCCC2C)OC1=O. The third-order valence-corrected chi connectivity index (χ3v) is 7.33. The topological polar surface area (TPSA) is 120 Å². The number of esters is 3. The molecule has 2 spiro atoms. The number of methoxy groups -OCH3 is 1. The van der Waals surface area contributed by atoms with Crippen LogP contribution in [0.5, 0.6) is 0 Å². The molecule has 3 fully saturated rings. The summed E-state index contributed by atoms with van der Waals surface area (Å²) in [4.78, 5) is 37.8. The second-order valence-corrected chi connectivity index (χ2v) is 9.58. The van der Waals surface area contributed by atoms with Crippen molar-refractivity contribution in [3.8, 4) is 0 Å². The molecule has 35 heavy (non-hydrogen) atoms. The molecule has 4 aliphatic rings. The summed E-state index contributed by atoms with van der Waals surface area (Å²) in [6.07, 6.45) is 11.3. The summed E-state index contributed by atoms with van der Waals surface area (Å²) in [5, 5.41) is 12.6. The molecule has 9 nitrogen and oxygen atoms in total. The van der Waals surface area contributed by atoms with Crippen LogP contribution >= 0.6 is 0 Å². The molecule has 0 radical (unpaired) electrons. The van der Waals surface area contributed by atoms with Crippen LogP contribution in [0.25, 0.3) is 0 Å². The lowest BCUT2D eigenvalue weighted by Gasteiger charge is -2.50. The molecule has 0 aromatic rings. The van der Waals surface area contributed by atoms with Gasteiger partial charge in [0.15, 0.2) is 5.79 Å². The van der Waals surface area contributed by atoms with Crippen molar-refractivity contribution >= 4 is 17.9 Å². The van der Waals surface area contributed by atoms with Gasteiger partial charge in [-0.1, -0.05) is 26.7 Å². The summed E-state index contributed by atoms with van der Waals surface area (Å²) in [5.74, 6) is -5.44. The van der Waals surface area contributed by atoms with Gasteiger partial charge in [-0.3, -0.25) is 0 Å². The van der Waals surface area contributed by atoms with Gasteiger partial charge >= 0.3 is 17.9 Å². The Hall–Kier alpha value is -3.23. The quantitative estimate of drug-likeness (QED) is 0.194. The lowest BCUT2D eigenvalue weighted by atomic mass is 9.84. The molecule has 2 aliphatic carbocycles. The first-order valence-electron chi connectivity index (χ1n) is 12.1. The van der Waals surface area contributed by atoms with Gasteiger partial charge in [-0.05, 0) is 56.4 Å². The summed E-state index contributed by atoms with van der Waals surface area (Å²) in [6, 6.07) is 0. The predicted molar refractivity (Wildman–Crippen MR) is 119 cm³/mol. The maximum absolute atomic E-state index is 12.6. The van der Waals surface area contributed by atoms with E-state index in [1.54, 1.807) is 0 Å². The van der Waals surface area contributed by atoms with Gasteiger partial charge in [-0.25, -0.2) is 14.4 Å². The highest BCUT2D eigenvalue weighted by atomic mass is 16.8. The number of ether oxygens (including phenoxy) is 5. The molecule has 0 aromatic heterocycles. The van der Waals surface area contributed by atoms with Gasteiger partial charge in [0.1, 0.15) is 11.3 Å². The van der Waals surface area contributed by atoms with E-state index in [0.717, 1.165) is 38.5 Å². The highest BCUT2D eigenvalue weighted by Crippen LogP contribution is 2.42. The number of allylic oxidation sites excluding steroid dienone is 3. The maximum atomic E-state index is 12.6. The van der Waals surface area contributed by atoms with E-state index >= 15 is 0 Å². The van der Waals surface area contributed by atoms with Crippen LogP contribution in [0.3, 0.4) is 0 Å². The minimum absolute atomic E-state index is 0.0820. The highest BCUT2D eigenvalue weighted by molar-refractivity contribution is 6.15. The molecule has 2 aliphatic heterocycles. The lowest BCUT2D eigenvalue weighted by molar-refractivity contribution is -0.407. The fourth-order valence-electron chi connectivity index (χ4n) is 5.03. The van der Waals surface area contributed by atoms with E-state index in [1.165, 1.54) is 31.4 Å². The standard InChI is InChI=1S/C26H32O9/c1-16-8-4-6-14-25(16)32-21(27)19(22(28)33-25)12-10-18(31-3)11-13-20-23(29)34-26(35-24(20)30)15-7-5-9-17(26)2/h10-13,16-17,27H,4-9,14-15H2,1-3H3/p-1. The van der Waals surface area contributed by atoms with Gasteiger partial charge in [0.25, 0.3) is 5.79 Å². The largest absolute Gasteiger partial charge is 0.574 e. The monoisotopic (exact) mass is 487 g/mol. The summed E-state index contributed by atoms with van der Waals surface area (Å²) in [7, 11) is 1.37. The van der Waals surface area contributed by atoms with Gasteiger partial charge in [0.05, 0.1) is 18.6 Å². The van der Waals surface area contributed by atoms with Crippen LogP contribution in [0.4, 0.5) is 0 Å². The minimum atomic E-state index is -1.21. The smallest absolute Gasteiger partial charge is 0.348 e. The van der Waals surface area contributed by atoms with Gasteiger partial charge in [0.2, 0.25) is 0 Å². The van der Waals surface area contributed by atoms with Crippen LogP contribution in [0, 0.1) is 11.8 Å². The van der Waals surface area contributed by atoms with Gasteiger partial charge in [-0.2, -0.15) is 0 Å². The highest BCUT2D eigenvalue weighted by Gasteiger charge is 2.50. The summed E-state index contributed by atoms with van der Waals surface area (Å²) in [5.41, 5.74) is -0.539. The number of carbonyl (C=O) groups excluding carboxylic acids is 3. The van der Waals surface area contributed by atoms with Crippen LogP contribution in [0.15, 0.2) is 47.2 Å². The summed E-state index contributed by atoms with van der Waals surface area (Å²) < 4.78 is 27.5. The Bertz CT molecular complexity index is 998. The second kappa shape index (κ2) is 9.79. The first kappa shape index (κ1) is 24.9. The predicted octanol–water partition coefficient (Wildman–Crippen LogP) is 3.06. The fourth-order valence-corrected chi connectivity index (χ4v) is 5.03. The van der Waals surface area contributed by atoms with Gasteiger partial charge in [-0.15, -0.1) is 0 Å². The zero-order chi connectivity index (χ0) is 25.2. The molecule has 2 saturated carbocycles. The molecule has 0 aromatic carbocycles. The third-order valence-electron chi connectivity index (χ3n) is 7.33. The van der Waals surface area contributed by atoms with E-state index in [0.29, 0.717) is 12.8 Å². The molecule has 0 bridgehead atoms. The van der Waals surface area contributed by atoms with E-state index < -0.39 is 35.4 Å². The Labute approximate surface area is 204 Å². The van der Waals surface area contributed by atoms with E-state index in [9.17, 15) is 19.5 Å². The molecular formula is C26H31O9-. The molecule has 4 rings (SSSR count). The molecule has 0 amide bonds. The molecule has 3 atom stereocenters. The van der Waals surface area contributed by atoms with E-state index in [1.807, 2.05) is 13.8 Å². The Kier molecular flexibility index (Phi) is 6.96. The molecular weight excluding hydrogens is 456 g/mol. The minimum Gasteiger partial charge on any atom is -0.574 e. The second-order valence-electron chi connectivity index (χ2n) is 9.58. The van der Waals surface area contributed by atoms with Crippen molar-refractivity contribution in [3.05, 3.63) is 47.2 Å². The van der Waals surface area contributed by atoms with Gasteiger partial charge < -0.3 is 28.8 Å². The Balaban J connectivity index is 1.49. The molecule has 2 heterocycles. The summed E-state index contributed by atoms with van der Waals surface area (Å²) in [6.45, 7) is 3.80. The van der Waals surface area contributed by atoms with Crippen molar-refractivity contribution < 1.29 is 43.2 Å². The summed E-state index contributed by atoms with van der Waals surface area (Å²) >= 11 is 0. The Morgan fingerprint density at radius 2 is 1.43 bits per heavy atom. The van der Waals surface area contributed by atoms with Crippen LogP contribution in [0.1, 0.15) is 65.2 Å². The molecule has 3 unspecified atom stereocenters. The van der Waals surface area contributed by atoms with Crippen LogP contribution in [0.2, 0.25) is 0 Å². The zero-order valence-electron chi connectivity index (χ0n) is 20.3. The third kappa shape index (κ3) is 4.81. The normalized spacial score (nSPS) is 34.0. The first-order valence-corrected chi connectivity index (χ1v) is 12.1. The molecule has 190 valence electrons. The number of rotatable bonds is 4. The van der Waals surface area contributed by atoms with Crippen molar-refractivity contribution in [2.75, 3.05) is 7.11 Å². The molecule has 0 N–H and O–H groups in total. The van der Waals surface area contributed by atoms with Crippen LogP contribution < -0.4 is 5.11 Å². The van der Waals surface area contributed by atoms with Crippen molar-refractivity contribution in [2.45, 2.75) is 76.8 Å². The van der Waals surface area contributed by atoms with Crippen LogP contribution in [-0.2, 0) is 38.1 Å². The molecule has 1 saturated heterocycles. The van der Waals surface area contributed by atoms with Crippen LogP contribution in [-0.4, -0.2) is 36.6 Å². The van der Waals surface area contributed by atoms with Crippen molar-refractivity contribution in [1.82, 2.24) is 0 Å². The van der Waals surface area contributed by atoms with E-state index in [4.69, 9.17) is 23.7 Å².